The van der Waals surface area contributed by atoms with E-state index in [0.717, 1.165) is 17.9 Å². The second kappa shape index (κ2) is 9.84. The van der Waals surface area contributed by atoms with Crippen LogP contribution in [0.25, 0.3) is 0 Å². The highest BCUT2D eigenvalue weighted by molar-refractivity contribution is 5.92. The number of anilines is 1. The molecule has 25 heavy (non-hydrogen) atoms. The molecule has 0 radical (unpaired) electrons. The maximum atomic E-state index is 12.2. The molecule has 134 valence electrons. The van der Waals surface area contributed by atoms with Crippen LogP contribution in [0.2, 0.25) is 0 Å². The van der Waals surface area contributed by atoms with Gasteiger partial charge in [-0.05, 0) is 30.0 Å². The van der Waals surface area contributed by atoms with E-state index in [1.54, 1.807) is 0 Å². The summed E-state index contributed by atoms with van der Waals surface area (Å²) in [6, 6.07) is 17.9. The van der Waals surface area contributed by atoms with Crippen molar-refractivity contribution in [1.29, 1.82) is 0 Å². The molecular formula is C21H28N2O2. The minimum Gasteiger partial charge on any atom is -0.493 e. The first-order valence-electron chi connectivity index (χ1n) is 8.89. The van der Waals surface area contributed by atoms with Crippen LogP contribution in [0.1, 0.15) is 38.8 Å². The van der Waals surface area contributed by atoms with Crippen molar-refractivity contribution in [3.63, 3.8) is 0 Å². The molecule has 1 atom stereocenters. The second-order valence-corrected chi connectivity index (χ2v) is 6.53. The maximum absolute atomic E-state index is 12.2. The Labute approximate surface area is 150 Å². The number of nitrogens with one attached hydrogen (secondary N) is 2. The summed E-state index contributed by atoms with van der Waals surface area (Å²) in [6.07, 6.45) is 0.926. The Hall–Kier alpha value is -2.33. The maximum Gasteiger partial charge on any atom is 0.238 e. The molecule has 0 fully saturated rings. The van der Waals surface area contributed by atoms with Gasteiger partial charge in [0.15, 0.2) is 0 Å². The van der Waals surface area contributed by atoms with E-state index in [1.807, 2.05) is 42.5 Å². The number of hydrogen-bond acceptors (Lipinski definition) is 3. The molecule has 4 nitrogen and oxygen atoms in total. The topological polar surface area (TPSA) is 50.4 Å². The molecule has 1 unspecified atom stereocenters. The summed E-state index contributed by atoms with van der Waals surface area (Å²) in [5.74, 6) is 1.18. The first-order valence-corrected chi connectivity index (χ1v) is 8.89. The standard InChI is InChI=1S/C21H28N2O2/c1-4-20(17-9-6-5-7-10-17)22-14-21(24)23-18-11-8-12-19(13-18)25-15-16(2)3/h5-13,16,20,22H,4,14-15H2,1-3H3,(H,23,24). The van der Waals surface area contributed by atoms with Gasteiger partial charge in [0.25, 0.3) is 0 Å². The van der Waals surface area contributed by atoms with E-state index in [-0.39, 0.29) is 18.5 Å². The molecule has 2 N–H and O–H groups in total. The predicted molar refractivity (Wildman–Crippen MR) is 103 cm³/mol. The molecule has 0 spiro atoms. The number of carbonyl (C=O) groups is 1. The minimum absolute atomic E-state index is 0.0598. The van der Waals surface area contributed by atoms with Crippen molar-refractivity contribution in [2.45, 2.75) is 33.2 Å². The van der Waals surface area contributed by atoms with Gasteiger partial charge in [0, 0.05) is 17.8 Å². The molecule has 0 aliphatic rings. The summed E-state index contributed by atoms with van der Waals surface area (Å²) in [4.78, 5) is 12.2. The highest BCUT2D eigenvalue weighted by Gasteiger charge is 2.10. The Kier molecular flexibility index (Phi) is 7.48. The van der Waals surface area contributed by atoms with Crippen molar-refractivity contribution in [1.82, 2.24) is 5.32 Å². The number of rotatable bonds is 9. The molecule has 0 heterocycles. The fourth-order valence-corrected chi connectivity index (χ4v) is 2.53. The van der Waals surface area contributed by atoms with Crippen LogP contribution in [0.15, 0.2) is 54.6 Å². The molecule has 1 amide bonds. The smallest absolute Gasteiger partial charge is 0.238 e. The summed E-state index contributed by atoms with van der Waals surface area (Å²) in [7, 11) is 0. The number of amides is 1. The lowest BCUT2D eigenvalue weighted by Crippen LogP contribution is -2.31. The predicted octanol–water partition coefficient (Wildman–Crippen LogP) is 4.40. The van der Waals surface area contributed by atoms with Gasteiger partial charge in [-0.2, -0.15) is 0 Å². The third kappa shape index (κ3) is 6.59. The van der Waals surface area contributed by atoms with Crippen LogP contribution < -0.4 is 15.4 Å². The van der Waals surface area contributed by atoms with Gasteiger partial charge in [-0.15, -0.1) is 0 Å². The first kappa shape index (κ1) is 19.0. The Bertz CT molecular complexity index is 656. The van der Waals surface area contributed by atoms with E-state index in [4.69, 9.17) is 4.74 Å². The Balaban J connectivity index is 1.86. The van der Waals surface area contributed by atoms with Crippen molar-refractivity contribution in [2.24, 2.45) is 5.92 Å². The number of ether oxygens (including phenoxy) is 1. The van der Waals surface area contributed by atoms with Gasteiger partial charge in [0.05, 0.1) is 13.2 Å². The third-order valence-corrected chi connectivity index (χ3v) is 3.82. The average Bonchev–Trinajstić information content (AvgIpc) is 2.62. The van der Waals surface area contributed by atoms with Crippen molar-refractivity contribution >= 4 is 11.6 Å². The second-order valence-electron chi connectivity index (χ2n) is 6.53. The van der Waals surface area contributed by atoms with Crippen LogP contribution >= 0.6 is 0 Å². The van der Waals surface area contributed by atoms with Gasteiger partial charge in [-0.25, -0.2) is 0 Å². The van der Waals surface area contributed by atoms with E-state index in [9.17, 15) is 4.79 Å². The average molecular weight is 340 g/mol. The molecule has 0 saturated carbocycles. The molecule has 0 aliphatic carbocycles. The fourth-order valence-electron chi connectivity index (χ4n) is 2.53. The van der Waals surface area contributed by atoms with Crippen LogP contribution in [-0.4, -0.2) is 19.1 Å². The van der Waals surface area contributed by atoms with Crippen molar-refractivity contribution in [3.8, 4) is 5.75 Å². The van der Waals surface area contributed by atoms with E-state index in [0.29, 0.717) is 12.5 Å². The fraction of sp³-hybridized carbons (Fsp3) is 0.381. The van der Waals surface area contributed by atoms with E-state index in [1.165, 1.54) is 5.56 Å². The molecule has 0 aromatic heterocycles. The summed E-state index contributed by atoms with van der Waals surface area (Å²) in [5, 5.41) is 6.24. The van der Waals surface area contributed by atoms with Crippen LogP contribution in [0.5, 0.6) is 5.75 Å². The molecule has 0 bridgehead atoms. The summed E-state index contributed by atoms with van der Waals surface area (Å²) in [5.41, 5.74) is 1.95. The Morgan fingerprint density at radius 1 is 1.08 bits per heavy atom. The van der Waals surface area contributed by atoms with Crippen LogP contribution in [0.4, 0.5) is 5.69 Å². The lowest BCUT2D eigenvalue weighted by Gasteiger charge is -2.17. The van der Waals surface area contributed by atoms with Gasteiger partial charge in [-0.1, -0.05) is 57.2 Å². The minimum atomic E-state index is -0.0598. The molecule has 0 aliphatic heterocycles. The normalized spacial score (nSPS) is 12.0. The summed E-state index contributed by atoms with van der Waals surface area (Å²) >= 11 is 0. The van der Waals surface area contributed by atoms with E-state index >= 15 is 0 Å². The zero-order valence-corrected chi connectivity index (χ0v) is 15.3. The van der Waals surface area contributed by atoms with Crippen LogP contribution in [0.3, 0.4) is 0 Å². The van der Waals surface area contributed by atoms with Gasteiger partial charge < -0.3 is 15.4 Å². The zero-order valence-electron chi connectivity index (χ0n) is 15.3. The van der Waals surface area contributed by atoms with Gasteiger partial charge in [0.2, 0.25) is 5.91 Å². The lowest BCUT2D eigenvalue weighted by molar-refractivity contribution is -0.115. The molecular weight excluding hydrogens is 312 g/mol. The van der Waals surface area contributed by atoms with Crippen LogP contribution in [-0.2, 0) is 4.79 Å². The quantitative estimate of drug-likeness (QED) is 0.711. The summed E-state index contributed by atoms with van der Waals surface area (Å²) in [6.45, 7) is 7.25. The lowest BCUT2D eigenvalue weighted by atomic mass is 10.0. The van der Waals surface area contributed by atoms with E-state index < -0.39 is 0 Å². The largest absolute Gasteiger partial charge is 0.493 e. The van der Waals surface area contributed by atoms with Gasteiger partial charge in [-0.3, -0.25) is 4.79 Å². The molecule has 2 aromatic carbocycles. The SMILES string of the molecule is CCC(NCC(=O)Nc1cccc(OCC(C)C)c1)c1ccccc1. The third-order valence-electron chi connectivity index (χ3n) is 3.82. The van der Waals surface area contributed by atoms with Gasteiger partial charge in [0.1, 0.15) is 5.75 Å². The zero-order chi connectivity index (χ0) is 18.1. The Morgan fingerprint density at radius 2 is 1.84 bits per heavy atom. The molecule has 0 saturated heterocycles. The molecule has 2 aromatic rings. The van der Waals surface area contributed by atoms with Crippen molar-refractivity contribution in [3.05, 3.63) is 60.2 Å². The highest BCUT2D eigenvalue weighted by atomic mass is 16.5. The summed E-state index contributed by atoms with van der Waals surface area (Å²) < 4.78 is 5.70. The van der Waals surface area contributed by atoms with Crippen molar-refractivity contribution in [2.75, 3.05) is 18.5 Å². The number of benzene rings is 2. The monoisotopic (exact) mass is 340 g/mol. The number of carbonyl (C=O) groups excluding carboxylic acids is 1. The first-order chi connectivity index (χ1) is 12.1. The van der Waals surface area contributed by atoms with Gasteiger partial charge >= 0.3 is 0 Å². The molecule has 4 heteroatoms. The van der Waals surface area contributed by atoms with Crippen molar-refractivity contribution < 1.29 is 9.53 Å². The highest BCUT2D eigenvalue weighted by Crippen LogP contribution is 2.18. The molecule has 2 rings (SSSR count). The van der Waals surface area contributed by atoms with E-state index in [2.05, 4.69) is 43.5 Å². The number of hydrogen-bond donors (Lipinski definition) is 2. The van der Waals surface area contributed by atoms with Crippen LogP contribution in [0, 0.1) is 5.92 Å². The Morgan fingerprint density at radius 3 is 2.52 bits per heavy atom.